The van der Waals surface area contributed by atoms with Gasteiger partial charge in [-0.1, -0.05) is 19.8 Å². The summed E-state index contributed by atoms with van der Waals surface area (Å²) in [6.07, 6.45) is 9.39. The highest BCUT2D eigenvalue weighted by molar-refractivity contribution is 4.89. The smallest absolute Gasteiger partial charge is 0.0590 e. The third kappa shape index (κ3) is 3.25. The minimum atomic E-state index is 0.494. The van der Waals surface area contributed by atoms with E-state index in [1.54, 1.807) is 0 Å². The average molecular weight is 254 g/mol. The van der Waals surface area contributed by atoms with Gasteiger partial charge in [-0.3, -0.25) is 4.90 Å². The molecule has 0 aromatic rings. The number of rotatable bonds is 5. The zero-order valence-electron chi connectivity index (χ0n) is 12.1. The number of ether oxygens (including phenoxy) is 1. The number of hydrogen-bond donors (Lipinski definition) is 1. The summed E-state index contributed by atoms with van der Waals surface area (Å²) in [6.45, 7) is 4.05. The van der Waals surface area contributed by atoms with Crippen molar-refractivity contribution in [2.75, 3.05) is 20.2 Å². The second-order valence-electron chi connectivity index (χ2n) is 6.12. The minimum absolute atomic E-state index is 0.494. The molecule has 4 atom stereocenters. The van der Waals surface area contributed by atoms with Gasteiger partial charge in [-0.2, -0.15) is 0 Å². The fraction of sp³-hybridized carbons (Fsp3) is 1.00. The molecule has 2 fully saturated rings. The number of hydrogen-bond acceptors (Lipinski definition) is 3. The van der Waals surface area contributed by atoms with Crippen LogP contribution in [0.3, 0.4) is 0 Å². The van der Waals surface area contributed by atoms with Gasteiger partial charge in [0, 0.05) is 18.7 Å². The highest BCUT2D eigenvalue weighted by atomic mass is 16.5. The molecule has 1 saturated heterocycles. The van der Waals surface area contributed by atoms with E-state index in [9.17, 15) is 0 Å². The largest absolute Gasteiger partial charge is 0.378 e. The molecule has 3 heteroatoms. The third-order valence-electron chi connectivity index (χ3n) is 4.97. The first kappa shape index (κ1) is 14.3. The molecule has 0 aromatic heterocycles. The Hall–Kier alpha value is -0.120. The van der Waals surface area contributed by atoms with Gasteiger partial charge in [-0.25, -0.2) is 0 Å². The Bertz CT molecular complexity index is 245. The van der Waals surface area contributed by atoms with Gasteiger partial charge in [0.05, 0.1) is 6.10 Å². The molecule has 1 saturated carbocycles. The molecule has 3 nitrogen and oxygen atoms in total. The van der Waals surface area contributed by atoms with Crippen LogP contribution in [0, 0.1) is 5.92 Å². The molecule has 106 valence electrons. The van der Waals surface area contributed by atoms with E-state index < -0.39 is 0 Å². The topological polar surface area (TPSA) is 38.5 Å². The fourth-order valence-electron chi connectivity index (χ4n) is 3.85. The van der Waals surface area contributed by atoms with Gasteiger partial charge >= 0.3 is 0 Å². The molecule has 1 aliphatic heterocycles. The van der Waals surface area contributed by atoms with Crippen molar-refractivity contribution in [1.29, 1.82) is 0 Å². The second kappa shape index (κ2) is 6.88. The van der Waals surface area contributed by atoms with Crippen LogP contribution in [0.25, 0.3) is 0 Å². The molecule has 2 rings (SSSR count). The van der Waals surface area contributed by atoms with Crippen LogP contribution < -0.4 is 5.73 Å². The predicted molar refractivity (Wildman–Crippen MR) is 75.6 cm³/mol. The summed E-state index contributed by atoms with van der Waals surface area (Å²) in [5, 5.41) is 0. The van der Waals surface area contributed by atoms with Gasteiger partial charge in [0.1, 0.15) is 0 Å². The van der Waals surface area contributed by atoms with Crippen LogP contribution in [-0.4, -0.2) is 43.3 Å². The van der Waals surface area contributed by atoms with Crippen LogP contribution in [0.2, 0.25) is 0 Å². The van der Waals surface area contributed by atoms with E-state index >= 15 is 0 Å². The van der Waals surface area contributed by atoms with Gasteiger partial charge in [-0.05, 0) is 51.6 Å². The maximum absolute atomic E-state index is 5.92. The van der Waals surface area contributed by atoms with E-state index in [-0.39, 0.29) is 0 Å². The Balaban J connectivity index is 1.89. The Morgan fingerprint density at radius 2 is 2.11 bits per heavy atom. The average Bonchev–Trinajstić information content (AvgIpc) is 2.87. The molecule has 0 radical (unpaired) electrons. The number of nitrogens with zero attached hydrogens (tertiary/aromatic N) is 1. The van der Waals surface area contributed by atoms with Crippen molar-refractivity contribution >= 4 is 0 Å². The van der Waals surface area contributed by atoms with Crippen molar-refractivity contribution in [2.45, 2.75) is 70.1 Å². The van der Waals surface area contributed by atoms with Crippen LogP contribution in [0.5, 0.6) is 0 Å². The lowest BCUT2D eigenvalue weighted by molar-refractivity contribution is -0.0365. The highest BCUT2D eigenvalue weighted by Crippen LogP contribution is 2.32. The van der Waals surface area contributed by atoms with E-state index in [2.05, 4.69) is 18.9 Å². The van der Waals surface area contributed by atoms with Gasteiger partial charge in [-0.15, -0.1) is 0 Å². The van der Waals surface area contributed by atoms with Crippen molar-refractivity contribution in [3.8, 4) is 0 Å². The van der Waals surface area contributed by atoms with Gasteiger partial charge in [0.15, 0.2) is 0 Å². The summed E-state index contributed by atoms with van der Waals surface area (Å²) < 4.78 is 5.86. The quantitative estimate of drug-likeness (QED) is 0.819. The zero-order valence-corrected chi connectivity index (χ0v) is 12.1. The van der Waals surface area contributed by atoms with Crippen LogP contribution in [0.4, 0.5) is 0 Å². The van der Waals surface area contributed by atoms with Gasteiger partial charge < -0.3 is 10.5 Å². The SMILES string of the molecule is CCCC1CC(N(C)C2CCCC2CN)CCO1. The maximum atomic E-state index is 5.92. The van der Waals surface area contributed by atoms with Crippen molar-refractivity contribution < 1.29 is 4.74 Å². The molecule has 0 amide bonds. The Morgan fingerprint density at radius 3 is 2.83 bits per heavy atom. The predicted octanol–water partition coefficient (Wildman–Crippen LogP) is 2.39. The van der Waals surface area contributed by atoms with Crippen molar-refractivity contribution in [1.82, 2.24) is 4.90 Å². The minimum Gasteiger partial charge on any atom is -0.378 e. The first-order chi connectivity index (χ1) is 8.76. The molecule has 2 aliphatic rings. The fourth-order valence-corrected chi connectivity index (χ4v) is 3.85. The standard InChI is InChI=1S/C15H30N2O/c1-3-5-14-10-13(8-9-18-14)17(2)15-7-4-6-12(15)11-16/h12-15H,3-11,16H2,1-2H3. The summed E-state index contributed by atoms with van der Waals surface area (Å²) >= 11 is 0. The van der Waals surface area contributed by atoms with Gasteiger partial charge in [0.2, 0.25) is 0 Å². The van der Waals surface area contributed by atoms with E-state index in [1.807, 2.05) is 0 Å². The van der Waals surface area contributed by atoms with Crippen LogP contribution >= 0.6 is 0 Å². The van der Waals surface area contributed by atoms with Crippen LogP contribution in [0.15, 0.2) is 0 Å². The van der Waals surface area contributed by atoms with Gasteiger partial charge in [0.25, 0.3) is 0 Å². The summed E-state index contributed by atoms with van der Waals surface area (Å²) in [6, 6.07) is 1.44. The Labute approximate surface area is 112 Å². The second-order valence-corrected chi connectivity index (χ2v) is 6.12. The lowest BCUT2D eigenvalue weighted by Crippen LogP contribution is -2.47. The Morgan fingerprint density at radius 1 is 1.28 bits per heavy atom. The molecule has 1 aliphatic carbocycles. The molecule has 0 spiro atoms. The molecule has 0 bridgehead atoms. The van der Waals surface area contributed by atoms with Crippen molar-refractivity contribution in [3.63, 3.8) is 0 Å². The lowest BCUT2D eigenvalue weighted by Gasteiger charge is -2.40. The van der Waals surface area contributed by atoms with E-state index in [0.717, 1.165) is 25.1 Å². The summed E-state index contributed by atoms with van der Waals surface area (Å²) in [5.74, 6) is 0.725. The normalized spacial score (nSPS) is 37.3. The molecule has 1 heterocycles. The molecule has 2 N–H and O–H groups in total. The zero-order chi connectivity index (χ0) is 13.0. The van der Waals surface area contributed by atoms with E-state index in [1.165, 1.54) is 44.9 Å². The first-order valence-electron chi connectivity index (χ1n) is 7.79. The maximum Gasteiger partial charge on any atom is 0.0590 e. The molecular weight excluding hydrogens is 224 g/mol. The Kier molecular flexibility index (Phi) is 5.46. The highest BCUT2D eigenvalue weighted by Gasteiger charge is 2.34. The van der Waals surface area contributed by atoms with Crippen LogP contribution in [-0.2, 0) is 4.74 Å². The summed E-state index contributed by atoms with van der Waals surface area (Å²) in [5.41, 5.74) is 5.92. The van der Waals surface area contributed by atoms with Crippen LogP contribution in [0.1, 0.15) is 51.9 Å². The van der Waals surface area contributed by atoms with Crippen molar-refractivity contribution in [3.05, 3.63) is 0 Å². The summed E-state index contributed by atoms with van der Waals surface area (Å²) in [4.78, 5) is 2.63. The van der Waals surface area contributed by atoms with E-state index in [0.29, 0.717) is 12.1 Å². The van der Waals surface area contributed by atoms with E-state index in [4.69, 9.17) is 10.5 Å². The number of nitrogens with two attached hydrogens (primary N) is 1. The molecule has 4 unspecified atom stereocenters. The lowest BCUT2D eigenvalue weighted by atomic mass is 9.95. The monoisotopic (exact) mass is 254 g/mol. The third-order valence-corrected chi connectivity index (χ3v) is 4.97. The first-order valence-corrected chi connectivity index (χ1v) is 7.79. The molecular formula is C15H30N2O. The van der Waals surface area contributed by atoms with Crippen molar-refractivity contribution in [2.24, 2.45) is 11.7 Å². The summed E-state index contributed by atoms with van der Waals surface area (Å²) in [7, 11) is 2.32. The molecule has 18 heavy (non-hydrogen) atoms. The molecule has 0 aromatic carbocycles.